The number of carbonyl (C=O) groups excluding carboxylic acids is 1. The third-order valence-corrected chi connectivity index (χ3v) is 4.94. The van der Waals surface area contributed by atoms with Crippen molar-refractivity contribution in [3.05, 3.63) is 60.6 Å². The van der Waals surface area contributed by atoms with Crippen LogP contribution in [0.4, 0.5) is 5.95 Å². The fourth-order valence-electron chi connectivity index (χ4n) is 3.36. The normalized spacial score (nSPS) is 16.9. The summed E-state index contributed by atoms with van der Waals surface area (Å²) in [6.07, 6.45) is 8.11. The first kappa shape index (κ1) is 18.1. The Morgan fingerprint density at radius 1 is 1.04 bits per heavy atom. The Labute approximate surface area is 164 Å². The molecule has 1 fully saturated rings. The van der Waals surface area contributed by atoms with Gasteiger partial charge < -0.3 is 10.6 Å². The van der Waals surface area contributed by atoms with Crippen LogP contribution in [0.5, 0.6) is 0 Å². The number of carbonyl (C=O) groups is 1. The quantitative estimate of drug-likeness (QED) is 0.730. The molecule has 0 saturated carbocycles. The lowest BCUT2D eigenvalue weighted by molar-refractivity contribution is -0.121. The molecular formula is C22H23N5O. The summed E-state index contributed by atoms with van der Waals surface area (Å²) in [5.74, 6) is 0.478. The number of benzene rings is 1. The fourth-order valence-corrected chi connectivity index (χ4v) is 3.36. The molecule has 4 rings (SSSR count). The third-order valence-electron chi connectivity index (χ3n) is 4.94. The van der Waals surface area contributed by atoms with E-state index in [0.717, 1.165) is 48.2 Å². The number of hydrogen-bond acceptors (Lipinski definition) is 5. The lowest BCUT2D eigenvalue weighted by atomic mass is 10.0. The van der Waals surface area contributed by atoms with E-state index in [-0.39, 0.29) is 11.9 Å². The van der Waals surface area contributed by atoms with Crippen molar-refractivity contribution in [3.63, 3.8) is 0 Å². The van der Waals surface area contributed by atoms with Gasteiger partial charge in [0.25, 0.3) is 0 Å². The van der Waals surface area contributed by atoms with Gasteiger partial charge in [-0.25, -0.2) is 9.97 Å². The van der Waals surface area contributed by atoms with E-state index in [2.05, 4.69) is 51.8 Å². The Bertz CT molecular complexity index is 956. The van der Waals surface area contributed by atoms with Gasteiger partial charge in [0.05, 0.1) is 5.69 Å². The van der Waals surface area contributed by atoms with Crippen molar-refractivity contribution in [2.45, 2.75) is 32.2 Å². The van der Waals surface area contributed by atoms with Crippen LogP contribution in [-0.4, -0.2) is 33.4 Å². The summed E-state index contributed by atoms with van der Waals surface area (Å²) in [5.41, 5.74) is 4.97. The van der Waals surface area contributed by atoms with Gasteiger partial charge in [-0.3, -0.25) is 9.78 Å². The number of hydrogen-bond donors (Lipinski definition) is 2. The molecule has 6 nitrogen and oxygen atoms in total. The summed E-state index contributed by atoms with van der Waals surface area (Å²) in [4.78, 5) is 25.6. The van der Waals surface area contributed by atoms with Crippen LogP contribution in [-0.2, 0) is 4.79 Å². The molecule has 1 amide bonds. The van der Waals surface area contributed by atoms with Gasteiger partial charge in [-0.15, -0.1) is 0 Å². The molecule has 1 saturated heterocycles. The Morgan fingerprint density at radius 2 is 1.82 bits per heavy atom. The van der Waals surface area contributed by atoms with Crippen molar-refractivity contribution in [1.82, 2.24) is 20.3 Å². The number of pyridine rings is 1. The summed E-state index contributed by atoms with van der Waals surface area (Å²) in [7, 11) is 0. The minimum atomic E-state index is -0.305. The second kappa shape index (κ2) is 8.17. The van der Waals surface area contributed by atoms with Gasteiger partial charge in [0.15, 0.2) is 0 Å². The highest BCUT2D eigenvalue weighted by Crippen LogP contribution is 2.31. The summed E-state index contributed by atoms with van der Waals surface area (Å²) in [6.45, 7) is 2.79. The molecule has 1 atom stereocenters. The first-order valence-electron chi connectivity index (χ1n) is 9.59. The number of aromatic nitrogens is 3. The highest BCUT2D eigenvalue weighted by atomic mass is 16.2. The summed E-state index contributed by atoms with van der Waals surface area (Å²) >= 11 is 0. The van der Waals surface area contributed by atoms with E-state index in [1.165, 1.54) is 5.56 Å². The molecule has 142 valence electrons. The van der Waals surface area contributed by atoms with Gasteiger partial charge in [-0.2, -0.15) is 0 Å². The molecule has 1 aliphatic rings. The van der Waals surface area contributed by atoms with Crippen LogP contribution in [0.15, 0.2) is 55.0 Å². The van der Waals surface area contributed by atoms with E-state index >= 15 is 0 Å². The van der Waals surface area contributed by atoms with Crippen LogP contribution >= 0.6 is 0 Å². The van der Waals surface area contributed by atoms with Gasteiger partial charge in [0.2, 0.25) is 11.9 Å². The molecule has 1 aromatic carbocycles. The van der Waals surface area contributed by atoms with E-state index < -0.39 is 0 Å². The van der Waals surface area contributed by atoms with Gasteiger partial charge in [-0.05, 0) is 43.9 Å². The molecule has 28 heavy (non-hydrogen) atoms. The lowest BCUT2D eigenvalue weighted by Gasteiger charge is -2.17. The van der Waals surface area contributed by atoms with Crippen LogP contribution in [0, 0.1) is 6.92 Å². The molecule has 0 radical (unpaired) electrons. The highest BCUT2D eigenvalue weighted by molar-refractivity contribution is 5.85. The predicted molar refractivity (Wildman–Crippen MR) is 110 cm³/mol. The van der Waals surface area contributed by atoms with Crippen molar-refractivity contribution in [3.8, 4) is 22.4 Å². The molecular weight excluding hydrogens is 350 g/mol. The topological polar surface area (TPSA) is 79.8 Å². The van der Waals surface area contributed by atoms with E-state index in [0.29, 0.717) is 5.95 Å². The molecule has 0 unspecified atom stereocenters. The maximum atomic E-state index is 12.3. The molecule has 2 N–H and O–H groups in total. The first-order chi connectivity index (χ1) is 13.7. The fraction of sp³-hybridized carbons (Fsp3) is 0.273. The second-order valence-electron chi connectivity index (χ2n) is 7.04. The maximum absolute atomic E-state index is 12.3. The Hall–Kier alpha value is -3.28. The minimum absolute atomic E-state index is 0.0104. The molecule has 0 aliphatic carbocycles. The van der Waals surface area contributed by atoms with Crippen LogP contribution < -0.4 is 10.6 Å². The number of anilines is 1. The molecule has 3 aromatic rings. The van der Waals surface area contributed by atoms with Crippen LogP contribution in [0.25, 0.3) is 22.4 Å². The zero-order chi connectivity index (χ0) is 19.3. The van der Waals surface area contributed by atoms with Crippen molar-refractivity contribution in [2.75, 3.05) is 11.9 Å². The molecule has 0 spiro atoms. The van der Waals surface area contributed by atoms with Gasteiger partial charge >= 0.3 is 0 Å². The predicted octanol–water partition coefficient (Wildman–Crippen LogP) is 3.59. The molecule has 1 aliphatic heterocycles. The SMILES string of the molecule is Cc1ccc(-c2nc(N[C@H]3CCCCNC3=O)ncc2-c2ccncc2)cc1. The average molecular weight is 373 g/mol. The number of nitrogens with zero attached hydrogens (tertiary/aromatic N) is 3. The van der Waals surface area contributed by atoms with Crippen LogP contribution in [0.3, 0.4) is 0 Å². The highest BCUT2D eigenvalue weighted by Gasteiger charge is 2.22. The van der Waals surface area contributed by atoms with E-state index in [1.54, 1.807) is 12.4 Å². The maximum Gasteiger partial charge on any atom is 0.242 e. The lowest BCUT2D eigenvalue weighted by Crippen LogP contribution is -2.38. The average Bonchev–Trinajstić information content (AvgIpc) is 2.93. The van der Waals surface area contributed by atoms with Gasteiger partial charge in [0, 0.05) is 36.3 Å². The summed E-state index contributed by atoms with van der Waals surface area (Å²) < 4.78 is 0. The van der Waals surface area contributed by atoms with Crippen LogP contribution in [0.2, 0.25) is 0 Å². The second-order valence-corrected chi connectivity index (χ2v) is 7.04. The first-order valence-corrected chi connectivity index (χ1v) is 9.59. The van der Waals surface area contributed by atoms with E-state index in [4.69, 9.17) is 4.98 Å². The molecule has 2 aromatic heterocycles. The molecule has 6 heteroatoms. The largest absolute Gasteiger partial charge is 0.354 e. The summed E-state index contributed by atoms with van der Waals surface area (Å²) in [6, 6.07) is 11.8. The van der Waals surface area contributed by atoms with Crippen LogP contribution in [0.1, 0.15) is 24.8 Å². The van der Waals surface area contributed by atoms with Crippen molar-refractivity contribution in [2.24, 2.45) is 0 Å². The van der Waals surface area contributed by atoms with Crippen molar-refractivity contribution >= 4 is 11.9 Å². The van der Waals surface area contributed by atoms with Crippen molar-refractivity contribution in [1.29, 1.82) is 0 Å². The van der Waals surface area contributed by atoms with E-state index in [9.17, 15) is 4.79 Å². The Morgan fingerprint density at radius 3 is 2.61 bits per heavy atom. The monoisotopic (exact) mass is 373 g/mol. The molecule has 0 bridgehead atoms. The minimum Gasteiger partial charge on any atom is -0.354 e. The summed E-state index contributed by atoms with van der Waals surface area (Å²) in [5, 5.41) is 6.16. The standard InChI is InChI=1S/C22H23N5O/c1-15-5-7-17(8-6-15)20-18(16-9-12-23-13-10-16)14-25-22(27-20)26-19-4-2-3-11-24-21(19)28/h5-10,12-14,19H,2-4,11H2,1H3,(H,24,28)(H,25,26,27)/t19-/m0/s1. The number of aryl methyl sites for hydroxylation is 1. The van der Waals surface area contributed by atoms with Crippen molar-refractivity contribution < 1.29 is 4.79 Å². The smallest absolute Gasteiger partial charge is 0.242 e. The Kier molecular flexibility index (Phi) is 5.28. The Balaban J connectivity index is 1.72. The molecule has 3 heterocycles. The van der Waals surface area contributed by atoms with E-state index in [1.807, 2.05) is 18.3 Å². The number of amides is 1. The number of rotatable bonds is 4. The number of nitrogens with one attached hydrogen (secondary N) is 2. The third kappa shape index (κ3) is 4.01. The van der Waals surface area contributed by atoms with Gasteiger partial charge in [0.1, 0.15) is 6.04 Å². The zero-order valence-electron chi connectivity index (χ0n) is 15.9. The van der Waals surface area contributed by atoms with Gasteiger partial charge in [-0.1, -0.05) is 29.8 Å². The zero-order valence-corrected chi connectivity index (χ0v) is 15.9.